The lowest BCUT2D eigenvalue weighted by Crippen LogP contribution is -2.12. The first-order chi connectivity index (χ1) is 7.66. The van der Waals surface area contributed by atoms with Gasteiger partial charge in [-0.25, -0.2) is 4.98 Å². The van der Waals surface area contributed by atoms with E-state index in [4.69, 9.17) is 0 Å². The number of hydrogen-bond donors (Lipinski definition) is 1. The number of nitrogens with one attached hydrogen (secondary N) is 1. The Morgan fingerprint density at radius 2 is 2.38 bits per heavy atom. The van der Waals surface area contributed by atoms with Gasteiger partial charge in [0.25, 0.3) is 5.91 Å². The third-order valence-corrected chi connectivity index (χ3v) is 3.59. The molecule has 2 heterocycles. The topological polar surface area (TPSA) is 42.0 Å². The molecule has 0 bridgehead atoms. The average Bonchev–Trinajstić information content (AvgIpc) is 2.77. The summed E-state index contributed by atoms with van der Waals surface area (Å²) in [7, 11) is 0. The van der Waals surface area contributed by atoms with Crippen LogP contribution in [0.1, 0.15) is 15.9 Å². The zero-order valence-electron chi connectivity index (χ0n) is 8.53. The molecule has 3 nitrogen and oxygen atoms in total. The van der Waals surface area contributed by atoms with Crippen LogP contribution >= 0.6 is 27.3 Å². The number of carbonyl (C=O) groups excluding carboxylic acids is 1. The molecule has 0 saturated carbocycles. The summed E-state index contributed by atoms with van der Waals surface area (Å²) in [5.74, 6) is 0.437. The Balaban J connectivity index is 2.15. The highest BCUT2D eigenvalue weighted by atomic mass is 79.9. The summed E-state index contributed by atoms with van der Waals surface area (Å²) in [5.41, 5.74) is 1.70. The van der Waals surface area contributed by atoms with Crippen molar-refractivity contribution in [3.8, 4) is 0 Å². The number of aromatic nitrogens is 1. The minimum absolute atomic E-state index is 0.129. The van der Waals surface area contributed by atoms with Gasteiger partial charge in [-0.1, -0.05) is 0 Å². The molecule has 0 aliphatic carbocycles. The normalized spacial score (nSPS) is 10.1. The lowest BCUT2D eigenvalue weighted by molar-refractivity contribution is 0.102. The second-order valence-corrected chi connectivity index (χ2v) is 4.92. The fourth-order valence-electron chi connectivity index (χ4n) is 1.19. The molecule has 0 unspecified atom stereocenters. The van der Waals surface area contributed by atoms with Crippen molar-refractivity contribution < 1.29 is 4.79 Å². The lowest BCUT2D eigenvalue weighted by Gasteiger charge is -2.04. The smallest absolute Gasteiger partial charge is 0.257 e. The molecular weight excluding hydrogens is 288 g/mol. The highest BCUT2D eigenvalue weighted by Crippen LogP contribution is 2.18. The van der Waals surface area contributed by atoms with Gasteiger partial charge in [0, 0.05) is 16.0 Å². The van der Waals surface area contributed by atoms with Crippen LogP contribution in [0.2, 0.25) is 0 Å². The number of halogens is 1. The van der Waals surface area contributed by atoms with E-state index < -0.39 is 0 Å². The molecule has 2 aromatic heterocycles. The van der Waals surface area contributed by atoms with Crippen molar-refractivity contribution >= 4 is 39.0 Å². The molecule has 2 aromatic rings. The monoisotopic (exact) mass is 296 g/mol. The van der Waals surface area contributed by atoms with Gasteiger partial charge in [-0.05, 0) is 45.9 Å². The molecule has 0 fully saturated rings. The average molecular weight is 297 g/mol. The van der Waals surface area contributed by atoms with E-state index in [-0.39, 0.29) is 5.91 Å². The van der Waals surface area contributed by atoms with E-state index in [9.17, 15) is 4.79 Å². The van der Waals surface area contributed by atoms with E-state index >= 15 is 0 Å². The van der Waals surface area contributed by atoms with Crippen molar-refractivity contribution in [2.75, 3.05) is 5.32 Å². The van der Waals surface area contributed by atoms with E-state index in [1.807, 2.05) is 18.4 Å². The molecular formula is C11H9BrN2OS. The number of thiophene rings is 1. The first kappa shape index (κ1) is 11.3. The fourth-order valence-corrected chi connectivity index (χ4v) is 2.04. The zero-order chi connectivity index (χ0) is 11.5. The maximum atomic E-state index is 11.7. The predicted octanol–water partition coefficient (Wildman–Crippen LogP) is 3.47. The van der Waals surface area contributed by atoms with Crippen molar-refractivity contribution in [1.82, 2.24) is 4.98 Å². The van der Waals surface area contributed by atoms with Crippen LogP contribution in [-0.4, -0.2) is 10.9 Å². The van der Waals surface area contributed by atoms with Gasteiger partial charge >= 0.3 is 0 Å². The van der Waals surface area contributed by atoms with Crippen LogP contribution in [0.3, 0.4) is 0 Å². The summed E-state index contributed by atoms with van der Waals surface area (Å²) in [4.78, 5) is 15.8. The van der Waals surface area contributed by atoms with Gasteiger partial charge < -0.3 is 5.32 Å². The Labute approximate surface area is 106 Å². The number of anilines is 1. The van der Waals surface area contributed by atoms with Crippen molar-refractivity contribution in [2.24, 2.45) is 0 Å². The Bertz CT molecular complexity index is 511. The summed E-state index contributed by atoms with van der Waals surface area (Å²) >= 11 is 4.86. The summed E-state index contributed by atoms with van der Waals surface area (Å²) in [6.45, 7) is 1.95. The Morgan fingerprint density at radius 3 is 3.00 bits per heavy atom. The van der Waals surface area contributed by atoms with Gasteiger partial charge in [0.15, 0.2) is 0 Å². The van der Waals surface area contributed by atoms with Crippen LogP contribution in [0.5, 0.6) is 0 Å². The van der Waals surface area contributed by atoms with Gasteiger partial charge in [-0.2, -0.15) is 11.3 Å². The Hall–Kier alpha value is -1.20. The van der Waals surface area contributed by atoms with E-state index in [1.54, 1.807) is 17.6 Å². The zero-order valence-corrected chi connectivity index (χ0v) is 10.9. The standard InChI is InChI=1S/C11H9BrN2OS/c1-7-4-10(13-5-9(7)12)14-11(15)8-2-3-16-6-8/h2-6H,1H3,(H,13,14,15). The number of nitrogens with zero attached hydrogens (tertiary/aromatic N) is 1. The molecule has 2 rings (SSSR count). The molecule has 1 N–H and O–H groups in total. The quantitative estimate of drug-likeness (QED) is 0.922. The summed E-state index contributed by atoms with van der Waals surface area (Å²) in [6.07, 6.45) is 1.68. The first-order valence-corrected chi connectivity index (χ1v) is 6.36. The molecule has 0 spiro atoms. The molecule has 0 aliphatic rings. The first-order valence-electron chi connectivity index (χ1n) is 4.62. The number of amides is 1. The minimum Gasteiger partial charge on any atom is -0.307 e. The number of aryl methyl sites for hydroxylation is 1. The SMILES string of the molecule is Cc1cc(NC(=O)c2ccsc2)ncc1Br. The molecule has 0 radical (unpaired) electrons. The van der Waals surface area contributed by atoms with E-state index in [0.717, 1.165) is 10.0 Å². The van der Waals surface area contributed by atoms with Crippen molar-refractivity contribution in [1.29, 1.82) is 0 Å². The van der Waals surface area contributed by atoms with E-state index in [0.29, 0.717) is 11.4 Å². The highest BCUT2D eigenvalue weighted by Gasteiger charge is 2.07. The maximum absolute atomic E-state index is 11.7. The lowest BCUT2D eigenvalue weighted by atomic mass is 10.3. The number of carbonyl (C=O) groups is 1. The van der Waals surface area contributed by atoms with E-state index in [1.165, 1.54) is 11.3 Å². The van der Waals surface area contributed by atoms with Gasteiger partial charge in [0.1, 0.15) is 5.82 Å². The fraction of sp³-hybridized carbons (Fsp3) is 0.0909. The van der Waals surface area contributed by atoms with Crippen molar-refractivity contribution in [3.63, 3.8) is 0 Å². The third kappa shape index (κ3) is 2.48. The van der Waals surface area contributed by atoms with Gasteiger partial charge in [0.05, 0.1) is 5.56 Å². The molecule has 0 aromatic carbocycles. The molecule has 1 amide bonds. The van der Waals surface area contributed by atoms with Crippen LogP contribution in [-0.2, 0) is 0 Å². The molecule has 0 aliphatic heterocycles. The highest BCUT2D eigenvalue weighted by molar-refractivity contribution is 9.10. The van der Waals surface area contributed by atoms with Gasteiger partial charge in [-0.3, -0.25) is 4.79 Å². The molecule has 0 saturated heterocycles. The molecule has 16 heavy (non-hydrogen) atoms. The maximum Gasteiger partial charge on any atom is 0.257 e. The summed E-state index contributed by atoms with van der Waals surface area (Å²) < 4.78 is 0.932. The van der Waals surface area contributed by atoms with Gasteiger partial charge in [-0.15, -0.1) is 0 Å². The van der Waals surface area contributed by atoms with E-state index in [2.05, 4.69) is 26.2 Å². The van der Waals surface area contributed by atoms with Crippen LogP contribution < -0.4 is 5.32 Å². The van der Waals surface area contributed by atoms with Crippen molar-refractivity contribution in [2.45, 2.75) is 6.92 Å². The Morgan fingerprint density at radius 1 is 1.56 bits per heavy atom. The summed E-state index contributed by atoms with van der Waals surface area (Å²) in [5, 5.41) is 6.42. The van der Waals surface area contributed by atoms with Crippen LogP contribution in [0.15, 0.2) is 33.6 Å². The molecule has 5 heteroatoms. The summed E-state index contributed by atoms with van der Waals surface area (Å²) in [6, 6.07) is 3.61. The number of hydrogen-bond acceptors (Lipinski definition) is 3. The molecule has 0 atom stereocenters. The largest absolute Gasteiger partial charge is 0.307 e. The van der Waals surface area contributed by atoms with Crippen LogP contribution in [0.4, 0.5) is 5.82 Å². The predicted molar refractivity (Wildman–Crippen MR) is 68.9 cm³/mol. The van der Waals surface area contributed by atoms with Gasteiger partial charge in [0.2, 0.25) is 0 Å². The van der Waals surface area contributed by atoms with Crippen LogP contribution in [0, 0.1) is 6.92 Å². The second kappa shape index (κ2) is 4.76. The second-order valence-electron chi connectivity index (χ2n) is 3.28. The number of rotatable bonds is 2. The number of pyridine rings is 1. The minimum atomic E-state index is -0.129. The molecule has 82 valence electrons. The Kier molecular flexibility index (Phi) is 3.36. The van der Waals surface area contributed by atoms with Crippen molar-refractivity contribution in [3.05, 3.63) is 44.7 Å². The third-order valence-electron chi connectivity index (χ3n) is 2.07. The van der Waals surface area contributed by atoms with Crippen LogP contribution in [0.25, 0.3) is 0 Å².